The lowest BCUT2D eigenvalue weighted by molar-refractivity contribution is -0.145. The molecule has 130 valence electrons. The van der Waals surface area contributed by atoms with Crippen LogP contribution in [0.25, 0.3) is 0 Å². The monoisotopic (exact) mass is 353 g/mol. The molecule has 0 rings (SSSR count). The standard InChI is InChI=1S/C15H28ClNO4S/c1-8-21-14(18)11(4)9-12(16)13(10(2)3)17-22(19,20)15(5,6)7/h9-11,13,17H,8H2,1-7H3/b12-9-/t11?,13-/m0/s1. The maximum Gasteiger partial charge on any atom is 0.312 e. The highest BCUT2D eigenvalue weighted by Crippen LogP contribution is 2.23. The summed E-state index contributed by atoms with van der Waals surface area (Å²) in [6.45, 7) is 12.3. The number of hydrogen-bond acceptors (Lipinski definition) is 4. The number of ether oxygens (including phenoxy) is 1. The van der Waals surface area contributed by atoms with Crippen molar-refractivity contribution >= 4 is 27.6 Å². The fourth-order valence-electron chi connectivity index (χ4n) is 1.54. The molecule has 1 unspecified atom stereocenters. The van der Waals surface area contributed by atoms with Crippen LogP contribution < -0.4 is 4.72 Å². The number of carbonyl (C=O) groups excluding carboxylic acids is 1. The molecule has 7 heteroatoms. The second-order valence-electron chi connectivity index (χ2n) is 6.55. The minimum Gasteiger partial charge on any atom is -0.466 e. The highest BCUT2D eigenvalue weighted by Gasteiger charge is 2.33. The van der Waals surface area contributed by atoms with E-state index in [4.69, 9.17) is 16.3 Å². The van der Waals surface area contributed by atoms with Crippen LogP contribution in [0.1, 0.15) is 48.5 Å². The molecule has 2 atom stereocenters. The molecule has 0 aromatic heterocycles. The molecule has 0 bridgehead atoms. The van der Waals surface area contributed by atoms with Gasteiger partial charge in [-0.25, -0.2) is 13.1 Å². The molecule has 0 heterocycles. The first-order valence-corrected chi connectivity index (χ1v) is 9.25. The Morgan fingerprint density at radius 2 is 1.77 bits per heavy atom. The Labute approximate surface area is 139 Å². The third kappa shape index (κ3) is 6.26. The predicted molar refractivity (Wildman–Crippen MR) is 90.2 cm³/mol. The molecule has 22 heavy (non-hydrogen) atoms. The lowest BCUT2D eigenvalue weighted by Crippen LogP contribution is -2.47. The minimum atomic E-state index is -3.54. The molecule has 0 aliphatic heterocycles. The van der Waals surface area contributed by atoms with Gasteiger partial charge >= 0.3 is 5.97 Å². The van der Waals surface area contributed by atoms with Gasteiger partial charge in [0.05, 0.1) is 23.3 Å². The van der Waals surface area contributed by atoms with Gasteiger partial charge in [0.2, 0.25) is 10.0 Å². The number of sulfonamides is 1. The van der Waals surface area contributed by atoms with Gasteiger partial charge in [0.25, 0.3) is 0 Å². The Morgan fingerprint density at radius 3 is 2.14 bits per heavy atom. The molecule has 0 saturated heterocycles. The zero-order valence-electron chi connectivity index (χ0n) is 14.4. The van der Waals surface area contributed by atoms with Gasteiger partial charge < -0.3 is 4.74 Å². The van der Waals surface area contributed by atoms with E-state index in [2.05, 4.69) is 4.72 Å². The van der Waals surface area contributed by atoms with E-state index >= 15 is 0 Å². The summed E-state index contributed by atoms with van der Waals surface area (Å²) in [4.78, 5) is 11.7. The Hall–Kier alpha value is -0.590. The van der Waals surface area contributed by atoms with Crippen molar-refractivity contribution in [3.63, 3.8) is 0 Å². The van der Waals surface area contributed by atoms with Gasteiger partial charge in [-0.1, -0.05) is 31.5 Å². The van der Waals surface area contributed by atoms with Crippen LogP contribution in [0.15, 0.2) is 11.1 Å². The van der Waals surface area contributed by atoms with Crippen molar-refractivity contribution in [2.45, 2.75) is 59.3 Å². The van der Waals surface area contributed by atoms with E-state index in [-0.39, 0.29) is 11.9 Å². The van der Waals surface area contributed by atoms with Crippen LogP contribution in [-0.4, -0.2) is 31.8 Å². The third-order valence-electron chi connectivity index (χ3n) is 3.12. The maximum absolute atomic E-state index is 12.3. The van der Waals surface area contributed by atoms with Crippen molar-refractivity contribution in [2.75, 3.05) is 6.61 Å². The summed E-state index contributed by atoms with van der Waals surface area (Å²) in [7, 11) is -3.54. The summed E-state index contributed by atoms with van der Waals surface area (Å²) in [6.07, 6.45) is 1.54. The average Bonchev–Trinajstić information content (AvgIpc) is 2.34. The summed E-state index contributed by atoms with van der Waals surface area (Å²) in [6, 6.07) is -0.581. The van der Waals surface area contributed by atoms with Crippen molar-refractivity contribution in [3.8, 4) is 0 Å². The van der Waals surface area contributed by atoms with E-state index < -0.39 is 26.7 Å². The summed E-state index contributed by atoms with van der Waals surface area (Å²) < 4.78 is 31.2. The van der Waals surface area contributed by atoms with Gasteiger partial charge in [-0.05, 0) is 40.5 Å². The van der Waals surface area contributed by atoms with Gasteiger partial charge in [0, 0.05) is 5.03 Å². The predicted octanol–water partition coefficient (Wildman–Crippen LogP) is 3.05. The number of rotatable bonds is 7. The summed E-state index contributed by atoms with van der Waals surface area (Å²) in [5, 5.41) is 0.295. The van der Waals surface area contributed by atoms with Crippen molar-refractivity contribution < 1.29 is 17.9 Å². The van der Waals surface area contributed by atoms with Crippen molar-refractivity contribution in [2.24, 2.45) is 11.8 Å². The molecule has 0 aromatic rings. The molecule has 0 aliphatic carbocycles. The third-order valence-corrected chi connectivity index (χ3v) is 5.66. The van der Waals surface area contributed by atoms with Crippen LogP contribution >= 0.6 is 11.6 Å². The van der Waals surface area contributed by atoms with E-state index in [0.717, 1.165) is 0 Å². The highest BCUT2D eigenvalue weighted by molar-refractivity contribution is 7.90. The lowest BCUT2D eigenvalue weighted by Gasteiger charge is -2.27. The van der Waals surface area contributed by atoms with Gasteiger partial charge in [0.1, 0.15) is 0 Å². The van der Waals surface area contributed by atoms with Crippen LogP contribution in [0.5, 0.6) is 0 Å². The van der Waals surface area contributed by atoms with Crippen molar-refractivity contribution in [3.05, 3.63) is 11.1 Å². The molecule has 5 nitrogen and oxygen atoms in total. The molecule has 0 radical (unpaired) electrons. The van der Waals surface area contributed by atoms with Crippen LogP contribution in [0.2, 0.25) is 0 Å². The molecule has 0 spiro atoms. The first-order valence-electron chi connectivity index (χ1n) is 7.39. The largest absolute Gasteiger partial charge is 0.466 e. The second-order valence-corrected chi connectivity index (χ2v) is 9.45. The zero-order chi connectivity index (χ0) is 17.7. The molecule has 0 aliphatic rings. The van der Waals surface area contributed by atoms with E-state index in [1.54, 1.807) is 34.6 Å². The molecule has 0 fully saturated rings. The fraction of sp³-hybridized carbons (Fsp3) is 0.800. The molecule has 1 N–H and O–H groups in total. The molecule has 0 aromatic carbocycles. The Balaban J connectivity index is 5.32. The normalized spacial score (nSPS) is 16.5. The van der Waals surface area contributed by atoms with Crippen molar-refractivity contribution in [1.29, 1.82) is 0 Å². The second kappa shape index (κ2) is 8.31. The quantitative estimate of drug-likeness (QED) is 0.714. The topological polar surface area (TPSA) is 72.5 Å². The van der Waals surface area contributed by atoms with Gasteiger partial charge in [-0.15, -0.1) is 0 Å². The molecular weight excluding hydrogens is 326 g/mol. The van der Waals surface area contributed by atoms with Gasteiger partial charge in [-0.2, -0.15) is 0 Å². The number of esters is 1. The highest BCUT2D eigenvalue weighted by atomic mass is 35.5. The number of nitrogens with one attached hydrogen (secondary N) is 1. The van der Waals surface area contributed by atoms with Crippen LogP contribution in [0.3, 0.4) is 0 Å². The number of halogens is 1. The van der Waals surface area contributed by atoms with E-state index in [9.17, 15) is 13.2 Å². The maximum atomic E-state index is 12.3. The minimum absolute atomic E-state index is 0.0599. The molecule has 0 amide bonds. The first-order chi connectivity index (χ1) is 9.83. The Bertz CT molecular complexity index is 506. The van der Waals surface area contributed by atoms with E-state index in [1.165, 1.54) is 6.08 Å². The number of carbonyl (C=O) groups is 1. The van der Waals surface area contributed by atoms with Gasteiger partial charge in [0.15, 0.2) is 0 Å². The van der Waals surface area contributed by atoms with E-state index in [0.29, 0.717) is 11.6 Å². The summed E-state index contributed by atoms with van der Waals surface area (Å²) >= 11 is 6.26. The molecule has 0 saturated carbocycles. The zero-order valence-corrected chi connectivity index (χ0v) is 16.0. The summed E-state index contributed by atoms with van der Waals surface area (Å²) in [5.41, 5.74) is 0. The van der Waals surface area contributed by atoms with Gasteiger partial charge in [-0.3, -0.25) is 4.79 Å². The first kappa shape index (κ1) is 21.4. The van der Waals surface area contributed by atoms with Crippen LogP contribution in [-0.2, 0) is 19.6 Å². The van der Waals surface area contributed by atoms with Crippen LogP contribution in [0.4, 0.5) is 0 Å². The SMILES string of the molecule is CCOC(=O)C(C)/C=C(\Cl)[C@@H](NS(=O)(=O)C(C)(C)C)C(C)C. The Morgan fingerprint density at radius 1 is 1.27 bits per heavy atom. The van der Waals surface area contributed by atoms with Crippen LogP contribution in [0, 0.1) is 11.8 Å². The smallest absolute Gasteiger partial charge is 0.312 e. The van der Waals surface area contributed by atoms with Crippen molar-refractivity contribution in [1.82, 2.24) is 4.72 Å². The van der Waals surface area contributed by atoms with E-state index in [1.807, 2.05) is 13.8 Å². The lowest BCUT2D eigenvalue weighted by atomic mass is 10.0. The summed E-state index contributed by atoms with van der Waals surface area (Å²) in [5.74, 6) is -0.982. The number of hydrogen-bond donors (Lipinski definition) is 1. The fourth-order valence-corrected chi connectivity index (χ4v) is 3.19. The Kier molecular flexibility index (Phi) is 8.09. The average molecular weight is 354 g/mol. The molecular formula is C15H28ClNO4S.